The molecule has 0 spiro atoms. The normalized spacial score (nSPS) is 11.1. The molecule has 0 saturated carbocycles. The predicted octanol–water partition coefficient (Wildman–Crippen LogP) is 13.7. The molecule has 0 fully saturated rings. The summed E-state index contributed by atoms with van der Waals surface area (Å²) >= 11 is 0. The lowest BCUT2D eigenvalue weighted by molar-refractivity contribution is 1.07. The maximum atomic E-state index is 9.63. The van der Waals surface area contributed by atoms with Crippen molar-refractivity contribution in [2.45, 2.75) is 0 Å². The van der Waals surface area contributed by atoms with Crippen LogP contribution in [-0.2, 0) is 0 Å². The second-order valence-electron chi connectivity index (χ2n) is 14.3. The van der Waals surface area contributed by atoms with Gasteiger partial charge < -0.3 is 0 Å². The van der Waals surface area contributed by atoms with Crippen LogP contribution in [0.3, 0.4) is 0 Å². The van der Waals surface area contributed by atoms with Gasteiger partial charge in [0.25, 0.3) is 0 Å². The monoisotopic (exact) mass is 738 g/mol. The molecule has 0 unspecified atom stereocenters. The molecule has 4 heteroatoms. The van der Waals surface area contributed by atoms with Gasteiger partial charge in [-0.15, -0.1) is 0 Å². The molecule has 0 bridgehead atoms. The molecule has 10 aromatic rings. The summed E-state index contributed by atoms with van der Waals surface area (Å²) in [6, 6.07) is 73.6. The Morgan fingerprint density at radius 1 is 0.310 bits per heavy atom. The van der Waals surface area contributed by atoms with Gasteiger partial charge >= 0.3 is 0 Å². The van der Waals surface area contributed by atoms with Crippen LogP contribution in [0.1, 0.15) is 5.56 Å². The van der Waals surface area contributed by atoms with E-state index in [0.717, 1.165) is 66.6 Å². The van der Waals surface area contributed by atoms with Crippen molar-refractivity contribution >= 4 is 21.5 Å². The quantitative estimate of drug-likeness (QED) is 0.163. The van der Waals surface area contributed by atoms with Crippen molar-refractivity contribution in [3.63, 3.8) is 0 Å². The van der Waals surface area contributed by atoms with E-state index in [1.54, 1.807) is 0 Å². The van der Waals surface area contributed by atoms with E-state index in [1.165, 1.54) is 16.2 Å². The maximum Gasteiger partial charge on any atom is 0.164 e. The lowest BCUT2D eigenvalue weighted by atomic mass is 9.87. The number of aromatic nitrogens is 3. The molecule has 0 saturated heterocycles. The third-order valence-corrected chi connectivity index (χ3v) is 10.8. The van der Waals surface area contributed by atoms with Gasteiger partial charge in [0.15, 0.2) is 17.5 Å². The average molecular weight is 739 g/mol. The summed E-state index contributed by atoms with van der Waals surface area (Å²) in [4.78, 5) is 15.8. The molecule has 0 aliphatic heterocycles. The molecule has 0 radical (unpaired) electrons. The number of rotatable bonds is 7. The van der Waals surface area contributed by atoms with Crippen LogP contribution in [0, 0.1) is 11.3 Å². The van der Waals surface area contributed by atoms with Gasteiger partial charge in [0, 0.05) is 22.3 Å². The van der Waals surface area contributed by atoms with E-state index in [4.69, 9.17) is 15.0 Å². The zero-order chi connectivity index (χ0) is 38.8. The van der Waals surface area contributed by atoms with Crippen molar-refractivity contribution in [3.8, 4) is 84.7 Å². The first-order chi connectivity index (χ1) is 28.7. The smallest absolute Gasteiger partial charge is 0.164 e. The zero-order valence-corrected chi connectivity index (χ0v) is 31.4. The Balaban J connectivity index is 1.21. The van der Waals surface area contributed by atoms with Crippen LogP contribution in [0.4, 0.5) is 0 Å². The first-order valence-electron chi connectivity index (χ1n) is 19.3. The van der Waals surface area contributed by atoms with Crippen LogP contribution in [0.2, 0.25) is 0 Å². The van der Waals surface area contributed by atoms with Crippen LogP contribution < -0.4 is 0 Å². The Kier molecular flexibility index (Phi) is 8.87. The average Bonchev–Trinajstić information content (AvgIpc) is 3.31. The van der Waals surface area contributed by atoms with Gasteiger partial charge in [-0.3, -0.25) is 0 Å². The minimum atomic E-state index is 0.561. The molecule has 10 rings (SSSR count). The van der Waals surface area contributed by atoms with Gasteiger partial charge in [-0.2, -0.15) is 5.26 Å². The highest BCUT2D eigenvalue weighted by molar-refractivity contribution is 6.04. The topological polar surface area (TPSA) is 62.5 Å². The number of hydrogen-bond donors (Lipinski definition) is 0. The van der Waals surface area contributed by atoms with Crippen LogP contribution in [0.25, 0.3) is 100 Å². The second-order valence-corrected chi connectivity index (χ2v) is 14.3. The molecule has 0 N–H and O–H groups in total. The van der Waals surface area contributed by atoms with Gasteiger partial charge in [-0.25, -0.2) is 15.0 Å². The predicted molar refractivity (Wildman–Crippen MR) is 238 cm³/mol. The van der Waals surface area contributed by atoms with E-state index in [-0.39, 0.29) is 0 Å². The Hall–Kier alpha value is -8.00. The van der Waals surface area contributed by atoms with Crippen molar-refractivity contribution in [1.29, 1.82) is 5.26 Å². The molecule has 1 aromatic heterocycles. The van der Waals surface area contributed by atoms with E-state index in [2.05, 4.69) is 170 Å². The van der Waals surface area contributed by atoms with Gasteiger partial charge in [0.1, 0.15) is 0 Å². The SMILES string of the molecule is N#Cc1cccc(-c2cccc(-c3nc(-c4ccc(-c5ccccc5)cc4)nc(-c4cccc(-c5cccc6ccccc56)c4-c4ccc5ccccc5c4)n3)c2)c1. The van der Waals surface area contributed by atoms with Crippen molar-refractivity contribution in [3.05, 3.63) is 212 Å². The van der Waals surface area contributed by atoms with Crippen LogP contribution in [-0.4, -0.2) is 15.0 Å². The minimum Gasteiger partial charge on any atom is -0.208 e. The van der Waals surface area contributed by atoms with E-state index in [9.17, 15) is 5.26 Å². The van der Waals surface area contributed by atoms with Crippen molar-refractivity contribution < 1.29 is 0 Å². The third-order valence-electron chi connectivity index (χ3n) is 10.8. The summed E-state index contributed by atoms with van der Waals surface area (Å²) in [5.41, 5.74) is 11.8. The first-order valence-corrected chi connectivity index (χ1v) is 19.3. The lowest BCUT2D eigenvalue weighted by Gasteiger charge is -2.18. The fraction of sp³-hybridized carbons (Fsp3) is 0. The standard InChI is InChI=1S/C54H34N4/c55-35-36-12-8-19-42(32-36)44-20-9-21-46(34-44)53-56-52(41-29-26-39(27-30-41)37-13-2-1-3-14-37)57-54(58-53)50-25-11-24-49(48-23-10-18-40-16-6-7-22-47(40)48)51(50)45-31-28-38-15-4-5-17-43(38)33-45/h1-34H. The highest BCUT2D eigenvalue weighted by atomic mass is 15.0. The summed E-state index contributed by atoms with van der Waals surface area (Å²) in [5, 5.41) is 14.3. The molecule has 0 aliphatic rings. The molecule has 0 atom stereocenters. The fourth-order valence-electron chi connectivity index (χ4n) is 7.88. The van der Waals surface area contributed by atoms with E-state index in [1.807, 2.05) is 42.5 Å². The third kappa shape index (κ3) is 6.57. The summed E-state index contributed by atoms with van der Waals surface area (Å²) in [6.45, 7) is 0. The summed E-state index contributed by atoms with van der Waals surface area (Å²) in [7, 11) is 0. The first kappa shape index (κ1) is 34.5. The van der Waals surface area contributed by atoms with E-state index >= 15 is 0 Å². The molecule has 58 heavy (non-hydrogen) atoms. The van der Waals surface area contributed by atoms with Crippen LogP contribution >= 0.6 is 0 Å². The molecule has 4 nitrogen and oxygen atoms in total. The number of nitriles is 1. The number of nitrogens with zero attached hydrogens (tertiary/aromatic N) is 4. The highest BCUT2D eigenvalue weighted by Crippen LogP contribution is 2.43. The molecule has 9 aromatic carbocycles. The van der Waals surface area contributed by atoms with Gasteiger partial charge in [-0.1, -0.05) is 182 Å². The Morgan fingerprint density at radius 3 is 1.67 bits per heavy atom. The van der Waals surface area contributed by atoms with E-state index in [0.29, 0.717) is 23.0 Å². The molecule has 1 heterocycles. The lowest BCUT2D eigenvalue weighted by Crippen LogP contribution is -2.02. The Morgan fingerprint density at radius 2 is 0.845 bits per heavy atom. The Labute approximate surface area is 337 Å². The molecule has 270 valence electrons. The molecule has 0 amide bonds. The summed E-state index contributed by atoms with van der Waals surface area (Å²) in [6.07, 6.45) is 0. The largest absolute Gasteiger partial charge is 0.208 e. The maximum absolute atomic E-state index is 9.63. The van der Waals surface area contributed by atoms with Crippen LogP contribution in [0.5, 0.6) is 0 Å². The fourth-order valence-corrected chi connectivity index (χ4v) is 7.88. The van der Waals surface area contributed by atoms with E-state index < -0.39 is 0 Å². The van der Waals surface area contributed by atoms with Gasteiger partial charge in [0.05, 0.1) is 11.6 Å². The summed E-state index contributed by atoms with van der Waals surface area (Å²) < 4.78 is 0. The van der Waals surface area contributed by atoms with Crippen molar-refractivity contribution in [1.82, 2.24) is 15.0 Å². The molecular formula is C54H34N4. The molecule has 0 aliphatic carbocycles. The summed E-state index contributed by atoms with van der Waals surface area (Å²) in [5.74, 6) is 1.72. The Bertz CT molecular complexity index is 3170. The number of hydrogen-bond acceptors (Lipinski definition) is 4. The highest BCUT2D eigenvalue weighted by Gasteiger charge is 2.20. The van der Waals surface area contributed by atoms with Crippen molar-refractivity contribution in [2.24, 2.45) is 0 Å². The van der Waals surface area contributed by atoms with Crippen LogP contribution in [0.15, 0.2) is 206 Å². The molecular weight excluding hydrogens is 705 g/mol. The van der Waals surface area contributed by atoms with Gasteiger partial charge in [-0.05, 0) is 84.8 Å². The number of benzene rings is 9. The second kappa shape index (κ2) is 14.9. The van der Waals surface area contributed by atoms with Gasteiger partial charge in [0.2, 0.25) is 0 Å². The zero-order valence-electron chi connectivity index (χ0n) is 31.4. The number of fused-ring (bicyclic) bond motifs is 2. The minimum absolute atomic E-state index is 0.561. The van der Waals surface area contributed by atoms with Crippen molar-refractivity contribution in [2.75, 3.05) is 0 Å².